The molecule has 0 heterocycles. The van der Waals surface area contributed by atoms with Crippen LogP contribution in [0.3, 0.4) is 0 Å². The van der Waals surface area contributed by atoms with Crippen LogP contribution in [0.15, 0.2) is 0 Å². The van der Waals surface area contributed by atoms with E-state index in [4.69, 9.17) is 0 Å². The molecule has 0 aromatic rings. The third-order valence-electron chi connectivity index (χ3n) is 0.547. The molecule has 1 rings (SSSR count). The van der Waals surface area contributed by atoms with E-state index in [1.807, 2.05) is 0 Å². The Kier molecular flexibility index (Phi) is 0.502. The van der Waals surface area contributed by atoms with E-state index < -0.39 is 0 Å². The molecule has 0 bridgehead atoms. The molecule has 1 saturated carbocycles. The number of hydrogen-bond donors (Lipinski definition) is 0. The van der Waals surface area contributed by atoms with Crippen molar-refractivity contribution in [2.45, 2.75) is 17.7 Å². The molecule has 4 heavy (non-hydrogen) atoms. The number of rotatable bonds is 0. The van der Waals surface area contributed by atoms with Gasteiger partial charge in [0.2, 0.25) is 0 Å². The molecular weight excluding hydrogens is 115 g/mol. The van der Waals surface area contributed by atoms with Crippen LogP contribution < -0.4 is 0 Å². The summed E-state index contributed by atoms with van der Waals surface area (Å²) in [6, 6.07) is 0. The van der Waals surface area contributed by atoms with Crippen LogP contribution in [-0.4, -0.2) is 16.0 Å². The standard InChI is InChI=1S/C3H6Se/c4-3-1-2-3/h3-4H,1-2H2. The van der Waals surface area contributed by atoms with Gasteiger partial charge in [0.25, 0.3) is 0 Å². The molecule has 0 saturated heterocycles. The molecule has 1 heteroatoms. The zero-order chi connectivity index (χ0) is 2.99. The summed E-state index contributed by atoms with van der Waals surface area (Å²) in [6.07, 6.45) is 2.92. The van der Waals surface area contributed by atoms with Crippen LogP contribution in [0.4, 0.5) is 0 Å². The summed E-state index contributed by atoms with van der Waals surface area (Å²) in [5.41, 5.74) is 0. The van der Waals surface area contributed by atoms with Gasteiger partial charge in [-0.25, -0.2) is 0 Å². The molecule has 0 radical (unpaired) electrons. The Bertz CT molecular complexity index is 22.5. The van der Waals surface area contributed by atoms with Gasteiger partial charge in [-0.05, 0) is 0 Å². The summed E-state index contributed by atoms with van der Waals surface area (Å²) in [4.78, 5) is 1.02. The molecule has 1 fully saturated rings. The first kappa shape index (κ1) is 2.74. The Morgan fingerprint density at radius 3 is 1.75 bits per heavy atom. The van der Waals surface area contributed by atoms with Gasteiger partial charge in [-0.15, -0.1) is 0 Å². The quantitative estimate of drug-likeness (QED) is 0.408. The van der Waals surface area contributed by atoms with Crippen molar-refractivity contribution in [1.29, 1.82) is 0 Å². The zero-order valence-corrected chi connectivity index (χ0v) is 4.32. The van der Waals surface area contributed by atoms with E-state index in [0.29, 0.717) is 0 Å². The molecular formula is C3H6Se. The summed E-state index contributed by atoms with van der Waals surface area (Å²) >= 11 is 2.65. The predicted molar refractivity (Wildman–Crippen MR) is 20.1 cm³/mol. The van der Waals surface area contributed by atoms with Crippen molar-refractivity contribution in [2.24, 2.45) is 0 Å². The number of hydrogen-bond acceptors (Lipinski definition) is 0. The summed E-state index contributed by atoms with van der Waals surface area (Å²) in [7, 11) is 0. The van der Waals surface area contributed by atoms with Crippen LogP contribution in [0, 0.1) is 0 Å². The first-order valence-electron chi connectivity index (χ1n) is 1.57. The minimum atomic E-state index is 1.02. The van der Waals surface area contributed by atoms with E-state index in [1.165, 1.54) is 12.8 Å². The van der Waals surface area contributed by atoms with Crippen LogP contribution >= 0.6 is 0 Å². The third-order valence-corrected chi connectivity index (χ3v) is 1.63. The van der Waals surface area contributed by atoms with Crippen molar-refractivity contribution in [2.75, 3.05) is 0 Å². The SMILES string of the molecule is [SeH]C1CC1. The Labute approximate surface area is 34.4 Å². The van der Waals surface area contributed by atoms with Gasteiger partial charge in [-0.3, -0.25) is 0 Å². The monoisotopic (exact) mass is 122 g/mol. The first-order chi connectivity index (χ1) is 1.89. The Hall–Kier alpha value is 0.519. The molecule has 0 atom stereocenters. The van der Waals surface area contributed by atoms with Crippen LogP contribution in [-0.2, 0) is 0 Å². The Morgan fingerprint density at radius 1 is 1.50 bits per heavy atom. The molecule has 0 aromatic carbocycles. The predicted octanol–water partition coefficient (Wildman–Crippen LogP) is 0.469. The van der Waals surface area contributed by atoms with E-state index in [1.54, 1.807) is 0 Å². The van der Waals surface area contributed by atoms with Gasteiger partial charge in [0, 0.05) is 0 Å². The van der Waals surface area contributed by atoms with Gasteiger partial charge in [0.15, 0.2) is 0 Å². The van der Waals surface area contributed by atoms with E-state index in [-0.39, 0.29) is 0 Å². The van der Waals surface area contributed by atoms with Crippen molar-refractivity contribution in [3.05, 3.63) is 0 Å². The molecule has 24 valence electrons. The van der Waals surface area contributed by atoms with Crippen LogP contribution in [0.1, 0.15) is 12.8 Å². The van der Waals surface area contributed by atoms with Gasteiger partial charge in [0.1, 0.15) is 0 Å². The molecule has 0 nitrogen and oxygen atoms in total. The second kappa shape index (κ2) is 0.733. The Balaban J connectivity index is 2.17. The summed E-state index contributed by atoms with van der Waals surface area (Å²) in [5.74, 6) is 0. The zero-order valence-electron chi connectivity index (χ0n) is 2.44. The molecule has 0 amide bonds. The topological polar surface area (TPSA) is 0 Å². The van der Waals surface area contributed by atoms with Gasteiger partial charge >= 0.3 is 33.7 Å². The molecule has 1 aliphatic rings. The average molecular weight is 121 g/mol. The van der Waals surface area contributed by atoms with Gasteiger partial charge in [-0.1, -0.05) is 0 Å². The fourth-order valence-corrected chi connectivity index (χ4v) is 0.387. The van der Waals surface area contributed by atoms with E-state index in [0.717, 1.165) is 4.82 Å². The van der Waals surface area contributed by atoms with Crippen molar-refractivity contribution < 1.29 is 0 Å². The van der Waals surface area contributed by atoms with E-state index in [2.05, 4.69) is 16.0 Å². The summed E-state index contributed by atoms with van der Waals surface area (Å²) < 4.78 is 0. The van der Waals surface area contributed by atoms with Crippen LogP contribution in [0.2, 0.25) is 4.82 Å². The minimum absolute atomic E-state index is 1.02. The summed E-state index contributed by atoms with van der Waals surface area (Å²) in [5, 5.41) is 0. The van der Waals surface area contributed by atoms with Crippen molar-refractivity contribution in [3.63, 3.8) is 0 Å². The van der Waals surface area contributed by atoms with Gasteiger partial charge in [-0.2, -0.15) is 0 Å². The van der Waals surface area contributed by atoms with Crippen LogP contribution in [0.5, 0.6) is 0 Å². The van der Waals surface area contributed by atoms with Gasteiger partial charge < -0.3 is 0 Å². The average Bonchev–Trinajstić information content (AvgIpc) is 1.75. The maximum atomic E-state index is 2.65. The maximum absolute atomic E-state index is 2.65. The van der Waals surface area contributed by atoms with Crippen molar-refractivity contribution >= 4 is 16.0 Å². The fraction of sp³-hybridized carbons (Fsp3) is 1.00. The van der Waals surface area contributed by atoms with Crippen LogP contribution in [0.25, 0.3) is 0 Å². The first-order valence-corrected chi connectivity index (χ1v) is 2.66. The van der Waals surface area contributed by atoms with Crippen molar-refractivity contribution in [3.8, 4) is 0 Å². The van der Waals surface area contributed by atoms with E-state index in [9.17, 15) is 0 Å². The molecule has 1 aliphatic carbocycles. The fourth-order valence-electron chi connectivity index (χ4n) is 0.0745. The molecule has 0 aromatic heterocycles. The van der Waals surface area contributed by atoms with Crippen molar-refractivity contribution in [1.82, 2.24) is 0 Å². The third kappa shape index (κ3) is 0.470. The second-order valence-electron chi connectivity index (χ2n) is 1.23. The Morgan fingerprint density at radius 2 is 1.75 bits per heavy atom. The molecule has 0 spiro atoms. The normalized spacial score (nSPS) is 26.2. The molecule has 0 unspecified atom stereocenters. The molecule has 0 N–H and O–H groups in total. The van der Waals surface area contributed by atoms with E-state index >= 15 is 0 Å². The second-order valence-corrected chi connectivity index (χ2v) is 2.76. The summed E-state index contributed by atoms with van der Waals surface area (Å²) in [6.45, 7) is 0. The van der Waals surface area contributed by atoms with Gasteiger partial charge in [0.05, 0.1) is 0 Å². The molecule has 0 aliphatic heterocycles.